The van der Waals surface area contributed by atoms with Crippen molar-refractivity contribution < 1.29 is 14.3 Å². The Morgan fingerprint density at radius 3 is 2.52 bits per heavy atom. The van der Waals surface area contributed by atoms with Crippen molar-refractivity contribution in [2.24, 2.45) is 0 Å². The number of nitrogens with zero attached hydrogens (tertiary/aromatic N) is 2. The molecule has 1 aromatic carbocycles. The molecule has 0 saturated carbocycles. The third-order valence-electron chi connectivity index (χ3n) is 3.40. The highest BCUT2D eigenvalue weighted by Gasteiger charge is 2.13. The van der Waals surface area contributed by atoms with Gasteiger partial charge in [0.25, 0.3) is 5.91 Å². The van der Waals surface area contributed by atoms with Crippen LogP contribution in [0.2, 0.25) is 0 Å². The van der Waals surface area contributed by atoms with Crippen molar-refractivity contribution in [3.05, 3.63) is 47.8 Å². The van der Waals surface area contributed by atoms with Crippen LogP contribution < -0.4 is 10.6 Å². The quantitative estimate of drug-likeness (QED) is 0.566. The molecule has 2 N–H and O–H groups in total. The van der Waals surface area contributed by atoms with Crippen molar-refractivity contribution in [3.8, 4) is 0 Å². The summed E-state index contributed by atoms with van der Waals surface area (Å²) in [4.78, 5) is 32.2. The molecule has 2 rings (SSSR count). The molecule has 0 aliphatic rings. The maximum Gasteiger partial charge on any atom is 0.340 e. The summed E-state index contributed by atoms with van der Waals surface area (Å²) in [7, 11) is 0. The van der Waals surface area contributed by atoms with Crippen molar-refractivity contribution in [1.29, 1.82) is 0 Å². The van der Waals surface area contributed by atoms with Crippen LogP contribution in [0.1, 0.15) is 47.4 Å². The molecule has 0 saturated heterocycles. The Labute approximate surface area is 146 Å². The van der Waals surface area contributed by atoms with Gasteiger partial charge in [-0.3, -0.25) is 4.79 Å². The average molecular weight is 342 g/mol. The Morgan fingerprint density at radius 1 is 1.12 bits per heavy atom. The number of nitrogens with one attached hydrogen (secondary N) is 2. The Balaban J connectivity index is 2.07. The van der Waals surface area contributed by atoms with E-state index in [0.717, 1.165) is 12.8 Å². The van der Waals surface area contributed by atoms with E-state index in [-0.39, 0.29) is 5.91 Å². The fourth-order valence-electron chi connectivity index (χ4n) is 2.09. The van der Waals surface area contributed by atoms with Crippen molar-refractivity contribution >= 4 is 23.5 Å². The molecule has 0 fully saturated rings. The SMILES string of the molecule is CCCCNC(=O)c1cnc(Nc2ccccc2C(=O)OCC)nc1. The smallest absolute Gasteiger partial charge is 0.340 e. The summed E-state index contributed by atoms with van der Waals surface area (Å²) < 4.78 is 5.03. The molecule has 0 bridgehead atoms. The molecular formula is C18H22N4O3. The number of anilines is 2. The number of para-hydroxylation sites is 1. The summed E-state index contributed by atoms with van der Waals surface area (Å²) in [6.45, 7) is 4.74. The normalized spacial score (nSPS) is 10.2. The van der Waals surface area contributed by atoms with E-state index in [2.05, 4.69) is 27.5 Å². The number of aromatic nitrogens is 2. The number of carbonyl (C=O) groups excluding carboxylic acids is 2. The fraction of sp³-hybridized carbons (Fsp3) is 0.333. The van der Waals surface area contributed by atoms with Gasteiger partial charge in [0.05, 0.1) is 23.4 Å². The van der Waals surface area contributed by atoms with Gasteiger partial charge in [-0.15, -0.1) is 0 Å². The van der Waals surface area contributed by atoms with Crippen LogP contribution in [0.15, 0.2) is 36.7 Å². The zero-order chi connectivity index (χ0) is 18.1. The van der Waals surface area contributed by atoms with E-state index in [0.29, 0.717) is 35.9 Å². The van der Waals surface area contributed by atoms with Gasteiger partial charge in [0.1, 0.15) is 0 Å². The molecule has 0 atom stereocenters. The van der Waals surface area contributed by atoms with Crippen molar-refractivity contribution in [1.82, 2.24) is 15.3 Å². The minimum Gasteiger partial charge on any atom is -0.462 e. The lowest BCUT2D eigenvalue weighted by Gasteiger charge is -2.10. The fourth-order valence-corrected chi connectivity index (χ4v) is 2.09. The summed E-state index contributed by atoms with van der Waals surface area (Å²) in [6, 6.07) is 6.94. The summed E-state index contributed by atoms with van der Waals surface area (Å²) in [5, 5.41) is 5.78. The molecule has 0 aliphatic carbocycles. The lowest BCUT2D eigenvalue weighted by molar-refractivity contribution is 0.0527. The molecule has 1 heterocycles. The molecule has 132 valence electrons. The number of hydrogen-bond acceptors (Lipinski definition) is 6. The van der Waals surface area contributed by atoms with Crippen LogP contribution in [-0.4, -0.2) is 35.0 Å². The molecule has 1 aromatic heterocycles. The van der Waals surface area contributed by atoms with Crippen LogP contribution in [0.3, 0.4) is 0 Å². The predicted octanol–water partition coefficient (Wildman–Crippen LogP) is 2.93. The van der Waals surface area contributed by atoms with Gasteiger partial charge in [0, 0.05) is 18.9 Å². The molecule has 0 radical (unpaired) electrons. The second-order valence-corrected chi connectivity index (χ2v) is 5.30. The first-order valence-corrected chi connectivity index (χ1v) is 8.29. The van der Waals surface area contributed by atoms with Crippen molar-refractivity contribution in [3.63, 3.8) is 0 Å². The number of unbranched alkanes of at least 4 members (excludes halogenated alkanes) is 1. The van der Waals surface area contributed by atoms with E-state index in [1.54, 1.807) is 31.2 Å². The van der Waals surface area contributed by atoms with Gasteiger partial charge in [0.2, 0.25) is 5.95 Å². The van der Waals surface area contributed by atoms with Crippen LogP contribution in [-0.2, 0) is 4.74 Å². The lowest BCUT2D eigenvalue weighted by Crippen LogP contribution is -2.24. The first kappa shape index (κ1) is 18.4. The molecule has 1 amide bonds. The zero-order valence-corrected chi connectivity index (χ0v) is 14.4. The topological polar surface area (TPSA) is 93.2 Å². The molecule has 7 nitrogen and oxygen atoms in total. The molecule has 0 spiro atoms. The Hall–Kier alpha value is -2.96. The first-order chi connectivity index (χ1) is 12.2. The number of hydrogen-bond donors (Lipinski definition) is 2. The molecule has 2 aromatic rings. The maximum atomic E-state index is 12.0. The maximum absolute atomic E-state index is 12.0. The predicted molar refractivity (Wildman–Crippen MR) is 95.0 cm³/mol. The highest BCUT2D eigenvalue weighted by atomic mass is 16.5. The number of benzene rings is 1. The van der Waals surface area contributed by atoms with E-state index in [1.165, 1.54) is 12.4 Å². The minimum atomic E-state index is -0.419. The second-order valence-electron chi connectivity index (χ2n) is 5.30. The molecule has 0 unspecified atom stereocenters. The number of carbonyl (C=O) groups is 2. The monoisotopic (exact) mass is 342 g/mol. The van der Waals surface area contributed by atoms with Crippen molar-refractivity contribution in [2.45, 2.75) is 26.7 Å². The largest absolute Gasteiger partial charge is 0.462 e. The molecule has 7 heteroatoms. The number of esters is 1. The molecular weight excluding hydrogens is 320 g/mol. The zero-order valence-electron chi connectivity index (χ0n) is 14.4. The van der Waals surface area contributed by atoms with E-state index >= 15 is 0 Å². The Morgan fingerprint density at radius 2 is 1.84 bits per heavy atom. The van der Waals surface area contributed by atoms with Gasteiger partial charge in [-0.05, 0) is 25.5 Å². The third kappa shape index (κ3) is 5.27. The highest BCUT2D eigenvalue weighted by molar-refractivity contribution is 5.96. The van der Waals surface area contributed by atoms with Crippen LogP contribution in [0.5, 0.6) is 0 Å². The number of ether oxygens (including phenoxy) is 1. The van der Waals surface area contributed by atoms with Gasteiger partial charge in [-0.2, -0.15) is 0 Å². The Bertz CT molecular complexity index is 717. The van der Waals surface area contributed by atoms with E-state index < -0.39 is 5.97 Å². The second kappa shape index (κ2) is 9.36. The third-order valence-corrected chi connectivity index (χ3v) is 3.40. The van der Waals surface area contributed by atoms with E-state index in [1.807, 2.05) is 0 Å². The molecule has 0 aliphatic heterocycles. The average Bonchev–Trinajstić information content (AvgIpc) is 2.63. The molecule has 25 heavy (non-hydrogen) atoms. The first-order valence-electron chi connectivity index (χ1n) is 8.29. The van der Waals surface area contributed by atoms with Gasteiger partial charge in [0.15, 0.2) is 0 Å². The van der Waals surface area contributed by atoms with Gasteiger partial charge < -0.3 is 15.4 Å². The lowest BCUT2D eigenvalue weighted by atomic mass is 10.2. The van der Waals surface area contributed by atoms with Crippen molar-refractivity contribution in [2.75, 3.05) is 18.5 Å². The van der Waals surface area contributed by atoms with Crippen LogP contribution in [0, 0.1) is 0 Å². The van der Waals surface area contributed by atoms with Gasteiger partial charge in [-0.1, -0.05) is 25.5 Å². The summed E-state index contributed by atoms with van der Waals surface area (Å²) in [5.41, 5.74) is 1.33. The van der Waals surface area contributed by atoms with Crippen LogP contribution in [0.4, 0.5) is 11.6 Å². The Kier molecular flexibility index (Phi) is 6.88. The van der Waals surface area contributed by atoms with E-state index in [9.17, 15) is 9.59 Å². The minimum absolute atomic E-state index is 0.202. The van der Waals surface area contributed by atoms with Crippen LogP contribution >= 0.6 is 0 Å². The standard InChI is InChI=1S/C18H22N4O3/c1-3-5-10-19-16(23)13-11-20-18(21-12-13)22-15-9-7-6-8-14(15)17(24)25-4-2/h6-9,11-12H,3-5,10H2,1-2H3,(H,19,23)(H,20,21,22). The van der Waals surface area contributed by atoms with Gasteiger partial charge in [-0.25, -0.2) is 14.8 Å². The summed E-state index contributed by atoms with van der Waals surface area (Å²) in [5.74, 6) is -0.327. The summed E-state index contributed by atoms with van der Waals surface area (Å²) in [6.07, 6.45) is 4.84. The number of rotatable bonds is 8. The van der Waals surface area contributed by atoms with E-state index in [4.69, 9.17) is 4.74 Å². The summed E-state index contributed by atoms with van der Waals surface area (Å²) >= 11 is 0. The number of amides is 1. The highest BCUT2D eigenvalue weighted by Crippen LogP contribution is 2.19. The van der Waals surface area contributed by atoms with Gasteiger partial charge >= 0.3 is 5.97 Å². The van der Waals surface area contributed by atoms with Crippen LogP contribution in [0.25, 0.3) is 0 Å².